The predicted molar refractivity (Wildman–Crippen MR) is 53.3 cm³/mol. The molecule has 14 heavy (non-hydrogen) atoms. The van der Waals surface area contributed by atoms with Gasteiger partial charge in [0.15, 0.2) is 0 Å². The van der Waals surface area contributed by atoms with Gasteiger partial charge in [0.05, 0.1) is 7.11 Å². The van der Waals surface area contributed by atoms with Crippen LogP contribution in [0.3, 0.4) is 0 Å². The van der Waals surface area contributed by atoms with Crippen molar-refractivity contribution in [2.75, 3.05) is 13.7 Å². The number of nitrogens with two attached hydrogens (primary N) is 1. The standard InChI is InChI=1S/C10H15NO3/c1-14-10-6-7(13)2-3-8(10)9(11)4-5-12/h2-3,6,9,12-13H,4-5,11H2,1H3/t9-/m1/s1. The highest BCUT2D eigenvalue weighted by Crippen LogP contribution is 2.28. The normalized spacial score (nSPS) is 12.5. The second kappa shape index (κ2) is 4.83. The molecule has 0 aromatic heterocycles. The highest BCUT2D eigenvalue weighted by molar-refractivity contribution is 5.41. The molecular formula is C10H15NO3. The summed E-state index contributed by atoms with van der Waals surface area (Å²) in [4.78, 5) is 0. The van der Waals surface area contributed by atoms with E-state index in [1.54, 1.807) is 12.1 Å². The highest BCUT2D eigenvalue weighted by Gasteiger charge is 2.11. The van der Waals surface area contributed by atoms with Crippen LogP contribution in [0.15, 0.2) is 18.2 Å². The number of aliphatic hydroxyl groups excluding tert-OH is 1. The molecule has 0 heterocycles. The molecule has 1 atom stereocenters. The smallest absolute Gasteiger partial charge is 0.127 e. The number of phenols is 1. The molecule has 0 unspecified atom stereocenters. The summed E-state index contributed by atoms with van der Waals surface area (Å²) in [5, 5.41) is 18.0. The Balaban J connectivity index is 2.95. The van der Waals surface area contributed by atoms with Crippen LogP contribution in [-0.4, -0.2) is 23.9 Å². The summed E-state index contributed by atoms with van der Waals surface area (Å²) < 4.78 is 5.07. The van der Waals surface area contributed by atoms with Crippen LogP contribution in [0.5, 0.6) is 11.5 Å². The van der Waals surface area contributed by atoms with Crippen LogP contribution in [0.2, 0.25) is 0 Å². The lowest BCUT2D eigenvalue weighted by Crippen LogP contribution is -2.12. The highest BCUT2D eigenvalue weighted by atomic mass is 16.5. The van der Waals surface area contributed by atoms with E-state index in [9.17, 15) is 5.11 Å². The van der Waals surface area contributed by atoms with Gasteiger partial charge in [-0.15, -0.1) is 0 Å². The van der Waals surface area contributed by atoms with Crippen LogP contribution in [0.4, 0.5) is 0 Å². The van der Waals surface area contributed by atoms with E-state index in [1.807, 2.05) is 0 Å². The fraction of sp³-hybridized carbons (Fsp3) is 0.400. The zero-order chi connectivity index (χ0) is 10.6. The Morgan fingerprint density at radius 3 is 2.79 bits per heavy atom. The predicted octanol–water partition coefficient (Wildman–Crippen LogP) is 0.783. The molecular weight excluding hydrogens is 182 g/mol. The van der Waals surface area contributed by atoms with Crippen molar-refractivity contribution in [3.05, 3.63) is 23.8 Å². The van der Waals surface area contributed by atoms with Crippen molar-refractivity contribution >= 4 is 0 Å². The van der Waals surface area contributed by atoms with Crippen molar-refractivity contribution in [3.63, 3.8) is 0 Å². The Hall–Kier alpha value is -1.26. The molecule has 4 nitrogen and oxygen atoms in total. The second-order valence-corrected chi connectivity index (χ2v) is 3.05. The molecule has 78 valence electrons. The summed E-state index contributed by atoms with van der Waals surface area (Å²) in [6, 6.07) is 4.49. The van der Waals surface area contributed by atoms with E-state index in [1.165, 1.54) is 13.2 Å². The van der Waals surface area contributed by atoms with Gasteiger partial charge in [0.1, 0.15) is 11.5 Å². The first-order valence-electron chi connectivity index (χ1n) is 4.42. The van der Waals surface area contributed by atoms with Gasteiger partial charge < -0.3 is 20.7 Å². The molecule has 0 amide bonds. The number of benzene rings is 1. The number of methoxy groups -OCH3 is 1. The minimum Gasteiger partial charge on any atom is -0.508 e. The number of hydrogen-bond donors (Lipinski definition) is 3. The number of aliphatic hydroxyl groups is 1. The lowest BCUT2D eigenvalue weighted by molar-refractivity contribution is 0.275. The maximum Gasteiger partial charge on any atom is 0.127 e. The zero-order valence-corrected chi connectivity index (χ0v) is 8.10. The molecule has 4 N–H and O–H groups in total. The topological polar surface area (TPSA) is 75.7 Å². The van der Waals surface area contributed by atoms with Crippen molar-refractivity contribution in [3.8, 4) is 11.5 Å². The van der Waals surface area contributed by atoms with Crippen molar-refractivity contribution in [2.45, 2.75) is 12.5 Å². The Morgan fingerprint density at radius 2 is 2.21 bits per heavy atom. The van der Waals surface area contributed by atoms with Crippen molar-refractivity contribution in [1.29, 1.82) is 0 Å². The monoisotopic (exact) mass is 197 g/mol. The zero-order valence-electron chi connectivity index (χ0n) is 8.10. The molecule has 1 rings (SSSR count). The number of hydrogen-bond acceptors (Lipinski definition) is 4. The number of rotatable bonds is 4. The second-order valence-electron chi connectivity index (χ2n) is 3.05. The minimum atomic E-state index is -0.268. The Labute approximate surface area is 82.9 Å². The van der Waals surface area contributed by atoms with Gasteiger partial charge in [-0.25, -0.2) is 0 Å². The molecule has 0 saturated carbocycles. The van der Waals surface area contributed by atoms with Gasteiger partial charge in [-0.2, -0.15) is 0 Å². The van der Waals surface area contributed by atoms with E-state index in [-0.39, 0.29) is 18.4 Å². The van der Waals surface area contributed by atoms with E-state index in [0.717, 1.165) is 5.56 Å². The van der Waals surface area contributed by atoms with Crippen LogP contribution in [-0.2, 0) is 0 Å². The molecule has 0 spiro atoms. The van der Waals surface area contributed by atoms with E-state index in [2.05, 4.69) is 0 Å². The summed E-state index contributed by atoms with van der Waals surface area (Å²) in [7, 11) is 1.52. The van der Waals surface area contributed by atoms with Crippen LogP contribution in [0.1, 0.15) is 18.0 Å². The Bertz CT molecular complexity index is 301. The molecule has 0 fully saturated rings. The number of phenolic OH excluding ortho intramolecular Hbond substituents is 1. The lowest BCUT2D eigenvalue weighted by Gasteiger charge is -2.14. The van der Waals surface area contributed by atoms with Gasteiger partial charge in [0, 0.05) is 24.3 Å². The van der Waals surface area contributed by atoms with Crippen molar-refractivity contribution in [1.82, 2.24) is 0 Å². The summed E-state index contributed by atoms with van der Waals surface area (Å²) >= 11 is 0. The molecule has 0 aliphatic carbocycles. The van der Waals surface area contributed by atoms with Gasteiger partial charge >= 0.3 is 0 Å². The Kier molecular flexibility index (Phi) is 3.73. The summed E-state index contributed by atoms with van der Waals surface area (Å²) in [5.74, 6) is 0.688. The minimum absolute atomic E-state index is 0.0329. The van der Waals surface area contributed by atoms with Gasteiger partial charge in [-0.3, -0.25) is 0 Å². The summed E-state index contributed by atoms with van der Waals surface area (Å²) in [5.41, 5.74) is 6.60. The molecule has 4 heteroatoms. The lowest BCUT2D eigenvalue weighted by atomic mass is 10.0. The first-order valence-corrected chi connectivity index (χ1v) is 4.42. The fourth-order valence-electron chi connectivity index (χ4n) is 1.30. The molecule has 0 radical (unpaired) electrons. The Morgan fingerprint density at radius 1 is 1.50 bits per heavy atom. The third-order valence-corrected chi connectivity index (χ3v) is 2.06. The maximum absolute atomic E-state index is 9.21. The number of ether oxygens (including phenoxy) is 1. The quantitative estimate of drug-likeness (QED) is 0.666. The van der Waals surface area contributed by atoms with Gasteiger partial charge in [-0.1, -0.05) is 6.07 Å². The van der Waals surface area contributed by atoms with Gasteiger partial charge in [-0.05, 0) is 12.5 Å². The van der Waals surface area contributed by atoms with E-state index >= 15 is 0 Å². The van der Waals surface area contributed by atoms with Crippen molar-refractivity contribution in [2.24, 2.45) is 5.73 Å². The third kappa shape index (κ3) is 2.37. The first kappa shape index (κ1) is 10.8. The molecule has 0 aliphatic rings. The summed E-state index contributed by atoms with van der Waals surface area (Å²) in [6.45, 7) is 0.0329. The molecule has 0 bridgehead atoms. The average Bonchev–Trinajstić information content (AvgIpc) is 2.17. The van der Waals surface area contributed by atoms with Crippen LogP contribution in [0, 0.1) is 0 Å². The van der Waals surface area contributed by atoms with Gasteiger partial charge in [0.2, 0.25) is 0 Å². The number of aromatic hydroxyl groups is 1. The van der Waals surface area contributed by atoms with Gasteiger partial charge in [0.25, 0.3) is 0 Å². The van der Waals surface area contributed by atoms with E-state index in [0.29, 0.717) is 12.2 Å². The fourth-order valence-corrected chi connectivity index (χ4v) is 1.30. The van der Waals surface area contributed by atoms with Crippen LogP contribution >= 0.6 is 0 Å². The maximum atomic E-state index is 9.21. The molecule has 1 aromatic rings. The van der Waals surface area contributed by atoms with Crippen LogP contribution in [0.25, 0.3) is 0 Å². The first-order chi connectivity index (χ1) is 6.69. The summed E-state index contributed by atoms with van der Waals surface area (Å²) in [6.07, 6.45) is 0.473. The van der Waals surface area contributed by atoms with Crippen molar-refractivity contribution < 1.29 is 14.9 Å². The molecule has 0 aliphatic heterocycles. The largest absolute Gasteiger partial charge is 0.508 e. The SMILES string of the molecule is COc1cc(O)ccc1[C@H](N)CCO. The van der Waals surface area contributed by atoms with E-state index in [4.69, 9.17) is 15.6 Å². The molecule has 1 aromatic carbocycles. The third-order valence-electron chi connectivity index (χ3n) is 2.06. The average molecular weight is 197 g/mol. The molecule has 0 saturated heterocycles. The van der Waals surface area contributed by atoms with Crippen LogP contribution < -0.4 is 10.5 Å². The van der Waals surface area contributed by atoms with E-state index < -0.39 is 0 Å².